The lowest BCUT2D eigenvalue weighted by Crippen LogP contribution is -2.45. The maximum absolute atomic E-state index is 12.7. The second kappa shape index (κ2) is 8.36. The smallest absolute Gasteiger partial charge is 0.410 e. The van der Waals surface area contributed by atoms with E-state index in [9.17, 15) is 14.7 Å². The fourth-order valence-electron chi connectivity index (χ4n) is 3.60. The van der Waals surface area contributed by atoms with E-state index in [-0.39, 0.29) is 25.5 Å². The van der Waals surface area contributed by atoms with E-state index < -0.39 is 18.2 Å². The summed E-state index contributed by atoms with van der Waals surface area (Å²) in [6, 6.07) is 18.4. The number of nitrogens with one attached hydrogen (secondary N) is 2. The van der Waals surface area contributed by atoms with Crippen LogP contribution in [-0.4, -0.2) is 45.7 Å². The number of para-hydroxylation sites is 1. The number of aliphatic hydroxyl groups is 1. The van der Waals surface area contributed by atoms with E-state index in [0.29, 0.717) is 6.54 Å². The van der Waals surface area contributed by atoms with Crippen LogP contribution in [0.1, 0.15) is 17.7 Å². The van der Waals surface area contributed by atoms with Gasteiger partial charge in [0.25, 0.3) is 0 Å². The number of likely N-dealkylation sites (tertiary alicyclic amines) is 1. The number of nitrogens with zero attached hydrogens (tertiary/aromatic N) is 1. The molecule has 7 nitrogen and oxygen atoms in total. The van der Waals surface area contributed by atoms with Crippen LogP contribution in [0.15, 0.2) is 60.7 Å². The molecule has 1 saturated heterocycles. The number of H-pyrrole nitrogens is 1. The second-order valence-electron chi connectivity index (χ2n) is 7.20. The van der Waals surface area contributed by atoms with Crippen molar-refractivity contribution in [2.45, 2.75) is 31.7 Å². The molecule has 1 aliphatic rings. The Hall–Kier alpha value is -3.32. The van der Waals surface area contributed by atoms with E-state index in [1.165, 1.54) is 4.90 Å². The highest BCUT2D eigenvalue weighted by Gasteiger charge is 2.39. The van der Waals surface area contributed by atoms with Gasteiger partial charge in [0.1, 0.15) is 12.6 Å². The molecule has 4 rings (SSSR count). The van der Waals surface area contributed by atoms with E-state index in [4.69, 9.17) is 4.74 Å². The second-order valence-corrected chi connectivity index (χ2v) is 7.20. The van der Waals surface area contributed by atoms with Gasteiger partial charge in [0.15, 0.2) is 0 Å². The minimum absolute atomic E-state index is 0.0814. The van der Waals surface area contributed by atoms with E-state index in [1.54, 1.807) is 0 Å². The van der Waals surface area contributed by atoms with E-state index in [1.807, 2.05) is 60.7 Å². The van der Waals surface area contributed by atoms with Crippen molar-refractivity contribution in [3.8, 4) is 0 Å². The fourth-order valence-corrected chi connectivity index (χ4v) is 3.60. The van der Waals surface area contributed by atoms with Crippen LogP contribution < -0.4 is 5.32 Å². The molecule has 2 atom stereocenters. The number of β-amino-alcohol motifs (C(OH)–C–C–N with tert-alkyl or cyclic N) is 1. The monoisotopic (exact) mass is 393 g/mol. The predicted molar refractivity (Wildman–Crippen MR) is 108 cm³/mol. The van der Waals surface area contributed by atoms with Gasteiger partial charge in [-0.3, -0.25) is 9.69 Å². The zero-order valence-corrected chi connectivity index (χ0v) is 15.9. The van der Waals surface area contributed by atoms with Crippen molar-refractivity contribution in [1.29, 1.82) is 0 Å². The molecular formula is C22H23N3O4. The molecule has 0 bridgehead atoms. The first-order valence-corrected chi connectivity index (χ1v) is 9.60. The summed E-state index contributed by atoms with van der Waals surface area (Å²) in [5.41, 5.74) is 2.73. The molecule has 1 fully saturated rings. The lowest BCUT2D eigenvalue weighted by molar-refractivity contribution is -0.125. The Labute approximate surface area is 168 Å². The molecular weight excluding hydrogens is 370 g/mol. The molecule has 0 saturated carbocycles. The first-order valence-electron chi connectivity index (χ1n) is 9.60. The number of aliphatic hydroxyl groups excluding tert-OH is 1. The summed E-state index contributed by atoms with van der Waals surface area (Å²) in [4.78, 5) is 29.7. The number of hydrogen-bond acceptors (Lipinski definition) is 4. The quantitative estimate of drug-likeness (QED) is 0.621. The summed E-state index contributed by atoms with van der Waals surface area (Å²) in [5.74, 6) is -0.308. The summed E-state index contributed by atoms with van der Waals surface area (Å²) >= 11 is 0. The van der Waals surface area contributed by atoms with Crippen LogP contribution >= 0.6 is 0 Å². The number of rotatable bonds is 5. The van der Waals surface area contributed by atoms with Crippen molar-refractivity contribution < 1.29 is 19.4 Å². The third-order valence-corrected chi connectivity index (χ3v) is 5.06. The molecule has 2 aromatic carbocycles. The van der Waals surface area contributed by atoms with Crippen LogP contribution in [0, 0.1) is 0 Å². The summed E-state index contributed by atoms with van der Waals surface area (Å²) in [5, 5.41) is 13.9. The highest BCUT2D eigenvalue weighted by Crippen LogP contribution is 2.20. The zero-order chi connectivity index (χ0) is 20.2. The Kier molecular flexibility index (Phi) is 5.48. The van der Waals surface area contributed by atoms with Crippen LogP contribution in [0.25, 0.3) is 10.9 Å². The van der Waals surface area contributed by atoms with Crippen LogP contribution in [-0.2, 0) is 22.7 Å². The Balaban J connectivity index is 1.36. The Morgan fingerprint density at radius 3 is 2.69 bits per heavy atom. The number of aromatic amines is 1. The molecule has 0 spiro atoms. The van der Waals surface area contributed by atoms with Crippen LogP contribution in [0.2, 0.25) is 0 Å². The summed E-state index contributed by atoms with van der Waals surface area (Å²) in [6.07, 6.45) is -1.15. The topological polar surface area (TPSA) is 94.7 Å². The molecule has 150 valence electrons. The predicted octanol–water partition coefficient (Wildman–Crippen LogP) is 2.56. The minimum Gasteiger partial charge on any atom is -0.445 e. The molecule has 7 heteroatoms. The first kappa shape index (κ1) is 19.0. The highest BCUT2D eigenvalue weighted by molar-refractivity contribution is 5.86. The molecule has 3 N–H and O–H groups in total. The summed E-state index contributed by atoms with van der Waals surface area (Å²) in [6.45, 7) is 0.515. The van der Waals surface area contributed by atoms with Gasteiger partial charge in [-0.1, -0.05) is 48.5 Å². The van der Waals surface area contributed by atoms with Crippen molar-refractivity contribution in [3.05, 3.63) is 71.9 Å². The minimum atomic E-state index is -0.752. The largest absolute Gasteiger partial charge is 0.445 e. The van der Waals surface area contributed by atoms with Crippen LogP contribution in [0.3, 0.4) is 0 Å². The van der Waals surface area contributed by atoms with Crippen LogP contribution in [0.4, 0.5) is 4.79 Å². The van der Waals surface area contributed by atoms with Gasteiger partial charge in [-0.2, -0.15) is 0 Å². The number of benzene rings is 2. The Morgan fingerprint density at radius 1 is 1.14 bits per heavy atom. The average Bonchev–Trinajstić information content (AvgIpc) is 3.34. The maximum atomic E-state index is 12.7. The Bertz CT molecular complexity index is 968. The van der Waals surface area contributed by atoms with Crippen molar-refractivity contribution in [1.82, 2.24) is 15.2 Å². The van der Waals surface area contributed by atoms with Gasteiger partial charge in [0.05, 0.1) is 19.2 Å². The van der Waals surface area contributed by atoms with E-state index >= 15 is 0 Å². The van der Waals surface area contributed by atoms with Gasteiger partial charge < -0.3 is 20.1 Å². The van der Waals surface area contributed by atoms with Gasteiger partial charge in [-0.25, -0.2) is 4.79 Å². The molecule has 1 aliphatic heterocycles. The van der Waals surface area contributed by atoms with Crippen molar-refractivity contribution in [3.63, 3.8) is 0 Å². The van der Waals surface area contributed by atoms with Crippen LogP contribution in [0.5, 0.6) is 0 Å². The number of fused-ring (bicyclic) bond motifs is 1. The van der Waals surface area contributed by atoms with Crippen molar-refractivity contribution in [2.75, 3.05) is 6.54 Å². The summed E-state index contributed by atoms with van der Waals surface area (Å²) in [7, 11) is 0. The third-order valence-electron chi connectivity index (χ3n) is 5.06. The molecule has 3 aromatic rings. The van der Waals surface area contributed by atoms with Gasteiger partial charge in [0, 0.05) is 17.6 Å². The number of carbonyl (C=O) groups excluding carboxylic acids is 2. The molecule has 0 unspecified atom stereocenters. The molecule has 2 amide bonds. The molecule has 2 heterocycles. The lowest BCUT2D eigenvalue weighted by Gasteiger charge is -2.23. The van der Waals surface area contributed by atoms with Gasteiger partial charge in [0.2, 0.25) is 5.91 Å². The third kappa shape index (κ3) is 4.41. The molecule has 1 aromatic heterocycles. The maximum Gasteiger partial charge on any atom is 0.410 e. The number of ether oxygens (including phenoxy) is 1. The fraction of sp³-hybridized carbons (Fsp3) is 0.273. The lowest BCUT2D eigenvalue weighted by atomic mass is 10.2. The highest BCUT2D eigenvalue weighted by atomic mass is 16.6. The Morgan fingerprint density at radius 2 is 1.90 bits per heavy atom. The normalized spacial score (nSPS) is 18.7. The van der Waals surface area contributed by atoms with E-state index in [0.717, 1.165) is 22.2 Å². The van der Waals surface area contributed by atoms with E-state index in [2.05, 4.69) is 10.3 Å². The number of amides is 2. The molecule has 0 radical (unpaired) electrons. The van der Waals surface area contributed by atoms with Gasteiger partial charge in [-0.15, -0.1) is 0 Å². The molecule has 0 aliphatic carbocycles. The first-order chi connectivity index (χ1) is 14.1. The number of hydrogen-bond donors (Lipinski definition) is 3. The standard InChI is InChI=1S/C22H23N3O4/c26-18-11-20(25(13-18)22(28)29-14-15-6-2-1-3-7-15)21(27)23-12-17-10-16-8-4-5-9-19(16)24-17/h1-10,18,20,24,26H,11-14H2,(H,23,27)/t18-,20+/m1/s1. The summed E-state index contributed by atoms with van der Waals surface area (Å²) < 4.78 is 5.33. The zero-order valence-electron chi connectivity index (χ0n) is 15.9. The molecule has 29 heavy (non-hydrogen) atoms. The van der Waals surface area contributed by atoms with Gasteiger partial charge in [-0.05, 0) is 23.1 Å². The van der Waals surface area contributed by atoms with Crippen molar-refractivity contribution in [2.24, 2.45) is 0 Å². The van der Waals surface area contributed by atoms with Crippen molar-refractivity contribution >= 4 is 22.9 Å². The number of carbonyl (C=O) groups is 2. The van der Waals surface area contributed by atoms with Gasteiger partial charge >= 0.3 is 6.09 Å². The average molecular weight is 393 g/mol. The number of aromatic nitrogens is 1. The SMILES string of the molecule is O=C(NCc1cc2ccccc2[nH]1)[C@@H]1C[C@@H](O)CN1C(=O)OCc1ccccc1.